The van der Waals surface area contributed by atoms with Gasteiger partial charge in [0.2, 0.25) is 10.0 Å². The number of amides is 1. The first-order chi connectivity index (χ1) is 16.9. The zero-order valence-corrected chi connectivity index (χ0v) is 20.7. The van der Waals surface area contributed by atoms with E-state index in [0.717, 1.165) is 11.1 Å². The molecule has 1 aromatic heterocycles. The van der Waals surface area contributed by atoms with E-state index in [1.165, 1.54) is 4.31 Å². The summed E-state index contributed by atoms with van der Waals surface area (Å²) in [6, 6.07) is 15.7. The van der Waals surface area contributed by atoms with Gasteiger partial charge in [-0.15, -0.1) is 0 Å². The number of ether oxygens (including phenoxy) is 2. The van der Waals surface area contributed by atoms with Crippen molar-refractivity contribution in [1.29, 1.82) is 0 Å². The maximum atomic E-state index is 13.2. The molecule has 1 saturated heterocycles. The second-order valence-corrected chi connectivity index (χ2v) is 10.2. The Kier molecular flexibility index (Phi) is 7.67. The molecular formula is C26H29N3O5S. The molecule has 1 aliphatic rings. The Morgan fingerprint density at radius 1 is 0.971 bits per heavy atom. The standard InChI is InChI=1S/C26H29N3O5S/c1-3-33-25-17-22(8-11-24(25)34-19-21-5-4-12-27-18-21)26(30)28-13-15-29(16-14-28)35(31,32)23-9-6-20(2)7-10-23/h4-12,17-18H,3,13-16,19H2,1-2H3. The highest BCUT2D eigenvalue weighted by Crippen LogP contribution is 2.30. The highest BCUT2D eigenvalue weighted by molar-refractivity contribution is 7.89. The Morgan fingerprint density at radius 2 is 1.71 bits per heavy atom. The van der Waals surface area contributed by atoms with Crippen LogP contribution in [0.4, 0.5) is 0 Å². The first-order valence-electron chi connectivity index (χ1n) is 11.5. The van der Waals surface area contributed by atoms with Gasteiger partial charge in [-0.3, -0.25) is 9.78 Å². The lowest BCUT2D eigenvalue weighted by atomic mass is 10.1. The third-order valence-electron chi connectivity index (χ3n) is 5.79. The molecule has 3 aromatic rings. The topological polar surface area (TPSA) is 89.0 Å². The van der Waals surface area contributed by atoms with Gasteiger partial charge < -0.3 is 14.4 Å². The average molecular weight is 496 g/mol. The van der Waals surface area contributed by atoms with Crippen LogP contribution in [0.2, 0.25) is 0 Å². The lowest BCUT2D eigenvalue weighted by molar-refractivity contribution is 0.0697. The van der Waals surface area contributed by atoms with Gasteiger partial charge in [-0.2, -0.15) is 4.31 Å². The molecule has 1 aliphatic heterocycles. The number of aryl methyl sites for hydroxylation is 1. The van der Waals surface area contributed by atoms with Gasteiger partial charge in [0.1, 0.15) is 6.61 Å². The van der Waals surface area contributed by atoms with Gasteiger partial charge in [0.25, 0.3) is 5.91 Å². The second-order valence-electron chi connectivity index (χ2n) is 8.25. The number of hydrogen-bond donors (Lipinski definition) is 0. The van der Waals surface area contributed by atoms with Crippen LogP contribution in [0.15, 0.2) is 71.9 Å². The molecule has 0 bridgehead atoms. The number of sulfonamides is 1. The number of aromatic nitrogens is 1. The zero-order valence-electron chi connectivity index (χ0n) is 19.9. The summed E-state index contributed by atoms with van der Waals surface area (Å²) in [5, 5.41) is 0. The molecule has 35 heavy (non-hydrogen) atoms. The van der Waals surface area contributed by atoms with Gasteiger partial charge in [-0.05, 0) is 50.2 Å². The number of pyridine rings is 1. The number of carbonyl (C=O) groups excluding carboxylic acids is 1. The summed E-state index contributed by atoms with van der Waals surface area (Å²) >= 11 is 0. The van der Waals surface area contributed by atoms with E-state index in [2.05, 4.69) is 4.98 Å². The predicted molar refractivity (Wildman–Crippen MR) is 132 cm³/mol. The summed E-state index contributed by atoms with van der Waals surface area (Å²) in [7, 11) is -3.59. The first kappa shape index (κ1) is 24.7. The van der Waals surface area contributed by atoms with E-state index in [1.807, 2.05) is 26.0 Å². The Labute approximate surface area is 206 Å². The number of rotatable bonds is 8. The molecule has 0 atom stereocenters. The molecule has 0 spiro atoms. The van der Waals surface area contributed by atoms with Crippen molar-refractivity contribution in [1.82, 2.24) is 14.2 Å². The highest BCUT2D eigenvalue weighted by atomic mass is 32.2. The van der Waals surface area contributed by atoms with E-state index in [0.29, 0.717) is 43.4 Å². The van der Waals surface area contributed by atoms with Crippen LogP contribution in [-0.4, -0.2) is 61.3 Å². The van der Waals surface area contributed by atoms with Crippen LogP contribution < -0.4 is 9.47 Å². The predicted octanol–water partition coefficient (Wildman–Crippen LogP) is 3.51. The molecule has 0 saturated carbocycles. The van der Waals surface area contributed by atoms with Gasteiger partial charge >= 0.3 is 0 Å². The van der Waals surface area contributed by atoms with Crippen LogP contribution in [0.5, 0.6) is 11.5 Å². The fourth-order valence-electron chi connectivity index (χ4n) is 3.85. The fraction of sp³-hybridized carbons (Fsp3) is 0.308. The van der Waals surface area contributed by atoms with Crippen molar-refractivity contribution >= 4 is 15.9 Å². The van der Waals surface area contributed by atoms with Crippen molar-refractivity contribution in [3.8, 4) is 11.5 Å². The van der Waals surface area contributed by atoms with Crippen LogP contribution in [0, 0.1) is 6.92 Å². The summed E-state index contributed by atoms with van der Waals surface area (Å²) in [4.78, 5) is 19.2. The van der Waals surface area contributed by atoms with Crippen LogP contribution in [0.3, 0.4) is 0 Å². The summed E-state index contributed by atoms with van der Waals surface area (Å²) in [5.74, 6) is 0.862. The summed E-state index contributed by atoms with van der Waals surface area (Å²) < 4.78 is 39.0. The average Bonchev–Trinajstić information content (AvgIpc) is 2.88. The molecule has 0 radical (unpaired) electrons. The number of piperazine rings is 1. The van der Waals surface area contributed by atoms with E-state index < -0.39 is 10.0 Å². The van der Waals surface area contributed by atoms with Crippen LogP contribution >= 0.6 is 0 Å². The van der Waals surface area contributed by atoms with E-state index in [9.17, 15) is 13.2 Å². The van der Waals surface area contributed by atoms with Crippen LogP contribution in [0.25, 0.3) is 0 Å². The lowest BCUT2D eigenvalue weighted by Crippen LogP contribution is -2.50. The third kappa shape index (κ3) is 5.80. The Balaban J connectivity index is 1.42. The molecule has 2 aromatic carbocycles. The first-order valence-corrected chi connectivity index (χ1v) is 13.0. The number of carbonyl (C=O) groups is 1. The fourth-order valence-corrected chi connectivity index (χ4v) is 5.27. The van der Waals surface area contributed by atoms with Gasteiger partial charge in [-0.1, -0.05) is 23.8 Å². The minimum Gasteiger partial charge on any atom is -0.490 e. The molecule has 1 amide bonds. The van der Waals surface area contributed by atoms with Gasteiger partial charge in [0.05, 0.1) is 11.5 Å². The van der Waals surface area contributed by atoms with E-state index >= 15 is 0 Å². The van der Waals surface area contributed by atoms with Crippen molar-refractivity contribution in [2.75, 3.05) is 32.8 Å². The number of nitrogens with zero attached hydrogens (tertiary/aromatic N) is 3. The minimum absolute atomic E-state index is 0.169. The van der Waals surface area contributed by atoms with Crippen molar-refractivity contribution in [2.45, 2.75) is 25.3 Å². The van der Waals surface area contributed by atoms with E-state index in [4.69, 9.17) is 9.47 Å². The lowest BCUT2D eigenvalue weighted by Gasteiger charge is -2.34. The molecule has 0 N–H and O–H groups in total. The van der Waals surface area contributed by atoms with E-state index in [-0.39, 0.29) is 23.9 Å². The second kappa shape index (κ2) is 10.9. The quantitative estimate of drug-likeness (QED) is 0.475. The van der Waals surface area contributed by atoms with Crippen molar-refractivity contribution in [3.05, 3.63) is 83.7 Å². The molecule has 4 rings (SSSR count). The zero-order chi connectivity index (χ0) is 24.8. The molecule has 184 valence electrons. The molecule has 0 aliphatic carbocycles. The van der Waals surface area contributed by atoms with Gasteiger partial charge in [-0.25, -0.2) is 8.42 Å². The van der Waals surface area contributed by atoms with Gasteiger partial charge in [0.15, 0.2) is 11.5 Å². The largest absolute Gasteiger partial charge is 0.490 e. The number of hydrogen-bond acceptors (Lipinski definition) is 6. The molecule has 0 unspecified atom stereocenters. The highest BCUT2D eigenvalue weighted by Gasteiger charge is 2.30. The summed E-state index contributed by atoms with van der Waals surface area (Å²) in [5.41, 5.74) is 2.39. The smallest absolute Gasteiger partial charge is 0.254 e. The van der Waals surface area contributed by atoms with Crippen molar-refractivity contribution in [2.24, 2.45) is 0 Å². The van der Waals surface area contributed by atoms with Crippen molar-refractivity contribution < 1.29 is 22.7 Å². The van der Waals surface area contributed by atoms with Gasteiger partial charge in [0, 0.05) is 49.7 Å². The van der Waals surface area contributed by atoms with Crippen LogP contribution in [0.1, 0.15) is 28.4 Å². The third-order valence-corrected chi connectivity index (χ3v) is 7.71. The summed E-state index contributed by atoms with van der Waals surface area (Å²) in [6.07, 6.45) is 3.43. The Morgan fingerprint density at radius 3 is 2.37 bits per heavy atom. The normalized spacial score (nSPS) is 14.5. The van der Waals surface area contributed by atoms with Crippen molar-refractivity contribution in [3.63, 3.8) is 0 Å². The minimum atomic E-state index is -3.59. The number of benzene rings is 2. The molecule has 8 nitrogen and oxygen atoms in total. The molecule has 2 heterocycles. The van der Waals surface area contributed by atoms with E-state index in [1.54, 1.807) is 59.8 Å². The molecule has 9 heteroatoms. The monoisotopic (exact) mass is 495 g/mol. The summed E-state index contributed by atoms with van der Waals surface area (Å²) in [6.45, 7) is 5.65. The molecular weight excluding hydrogens is 466 g/mol. The SMILES string of the molecule is CCOc1cc(C(=O)N2CCN(S(=O)(=O)c3ccc(C)cc3)CC2)ccc1OCc1cccnc1. The van der Waals surface area contributed by atoms with Crippen LogP contribution in [-0.2, 0) is 16.6 Å². The maximum Gasteiger partial charge on any atom is 0.254 e. The Hall–Kier alpha value is -3.43. The molecule has 1 fully saturated rings. The maximum absolute atomic E-state index is 13.2. The Bertz CT molecular complexity index is 1260.